The van der Waals surface area contributed by atoms with E-state index in [9.17, 15) is 5.11 Å². The van der Waals surface area contributed by atoms with E-state index >= 15 is 0 Å². The third-order valence-corrected chi connectivity index (χ3v) is 6.40. The van der Waals surface area contributed by atoms with Gasteiger partial charge in [-0.25, -0.2) is 0 Å². The number of aromatic hydroxyl groups is 1. The number of piperazine rings is 1. The van der Waals surface area contributed by atoms with Crippen LogP contribution in [0.3, 0.4) is 0 Å². The second kappa shape index (κ2) is 11.0. The molecule has 0 saturated carbocycles. The lowest BCUT2D eigenvalue weighted by molar-refractivity contribution is 0.244. The van der Waals surface area contributed by atoms with Gasteiger partial charge < -0.3 is 25.8 Å². The molecule has 5 N–H and O–H groups in total. The summed E-state index contributed by atoms with van der Waals surface area (Å²) in [6.07, 6.45) is 0. The summed E-state index contributed by atoms with van der Waals surface area (Å²) in [4.78, 5) is 2.34. The Morgan fingerprint density at radius 2 is 1.94 bits per heavy atom. The second-order valence-corrected chi connectivity index (χ2v) is 9.05. The molecule has 1 aromatic heterocycles. The van der Waals surface area contributed by atoms with Crippen LogP contribution in [-0.2, 0) is 0 Å². The van der Waals surface area contributed by atoms with Crippen molar-refractivity contribution >= 4 is 51.3 Å². The fourth-order valence-corrected chi connectivity index (χ4v) is 4.41. The number of ether oxygens (including phenoxy) is 1. The van der Waals surface area contributed by atoms with Gasteiger partial charge in [0.1, 0.15) is 27.9 Å². The molecule has 0 atom stereocenters. The van der Waals surface area contributed by atoms with Crippen molar-refractivity contribution in [1.29, 1.82) is 5.41 Å². The first-order valence-electron chi connectivity index (χ1n) is 10.4. The Balaban J connectivity index is 1.37. The molecular formula is C22H24Cl2N6O2S. The highest BCUT2D eigenvalue weighted by molar-refractivity contribution is 7.11. The van der Waals surface area contributed by atoms with E-state index in [0.29, 0.717) is 38.7 Å². The zero-order valence-corrected chi connectivity index (χ0v) is 20.0. The number of amidine groups is 1. The van der Waals surface area contributed by atoms with E-state index in [0.717, 1.165) is 49.9 Å². The van der Waals surface area contributed by atoms with E-state index in [-0.39, 0.29) is 11.7 Å². The average molecular weight is 507 g/mol. The van der Waals surface area contributed by atoms with E-state index in [1.807, 2.05) is 12.1 Å². The van der Waals surface area contributed by atoms with Gasteiger partial charge >= 0.3 is 0 Å². The van der Waals surface area contributed by atoms with Gasteiger partial charge in [0.15, 0.2) is 0 Å². The summed E-state index contributed by atoms with van der Waals surface area (Å²) in [5.41, 5.74) is 1.12. The molecule has 2 heterocycles. The van der Waals surface area contributed by atoms with E-state index in [1.165, 1.54) is 0 Å². The molecule has 1 saturated heterocycles. The molecule has 11 heteroatoms. The van der Waals surface area contributed by atoms with E-state index in [4.69, 9.17) is 33.3 Å². The number of benzene rings is 2. The number of hydrogen-bond donors (Lipinski definition) is 5. The normalized spacial score (nSPS) is 14.1. The van der Waals surface area contributed by atoms with Gasteiger partial charge in [0.2, 0.25) is 5.88 Å². The Morgan fingerprint density at radius 1 is 1.18 bits per heavy atom. The highest BCUT2D eigenvalue weighted by Crippen LogP contribution is 2.34. The number of nitrogens with zero attached hydrogens (tertiary/aromatic N) is 2. The number of rotatable bonds is 8. The molecule has 1 fully saturated rings. The molecule has 0 bridgehead atoms. The van der Waals surface area contributed by atoms with Gasteiger partial charge in [0, 0.05) is 56.0 Å². The molecule has 0 unspecified atom stereocenters. The van der Waals surface area contributed by atoms with Crippen molar-refractivity contribution in [2.24, 2.45) is 0 Å². The summed E-state index contributed by atoms with van der Waals surface area (Å²) in [5, 5.41) is 29.8. The van der Waals surface area contributed by atoms with Gasteiger partial charge in [0.05, 0.1) is 5.02 Å². The van der Waals surface area contributed by atoms with Crippen molar-refractivity contribution in [3.8, 4) is 17.4 Å². The molecule has 174 valence electrons. The first kappa shape index (κ1) is 23.6. The zero-order chi connectivity index (χ0) is 23.2. The fourth-order valence-electron chi connectivity index (χ4n) is 3.37. The van der Waals surface area contributed by atoms with Crippen LogP contribution in [-0.4, -0.2) is 59.5 Å². The van der Waals surface area contributed by atoms with Crippen molar-refractivity contribution in [3.05, 3.63) is 58.1 Å². The first-order valence-corrected chi connectivity index (χ1v) is 12.0. The molecule has 8 nitrogen and oxygen atoms in total. The quantitative estimate of drug-likeness (QED) is 0.226. The van der Waals surface area contributed by atoms with Crippen LogP contribution in [0.25, 0.3) is 0 Å². The topological polar surface area (TPSA) is 106 Å². The molecule has 2 aromatic carbocycles. The fraction of sp³-hybridized carbons (Fsp3) is 0.273. The Morgan fingerprint density at radius 3 is 2.70 bits per heavy atom. The smallest absolute Gasteiger partial charge is 0.236 e. The van der Waals surface area contributed by atoms with Gasteiger partial charge in [-0.3, -0.25) is 10.3 Å². The molecule has 1 aliphatic heterocycles. The summed E-state index contributed by atoms with van der Waals surface area (Å²) in [6.45, 7) is 5.41. The standard InChI is InChI=1S/C22H24Cl2N6O2S/c23-14-1-6-17(24)18(13-14)32-16-4-2-15(3-5-16)28-22-19(21(31)29-33-22)20(25)27-9-12-30-10-7-26-8-11-30/h1-6,13,26,28H,7-12H2,(H2,25,27)(H,29,31). The SMILES string of the molecule is N=C(NCCN1CCNCC1)c1c(O)nsc1Nc1ccc(Oc2cc(Cl)ccc2Cl)cc1. The molecule has 3 aromatic rings. The maximum atomic E-state index is 10.2. The minimum Gasteiger partial charge on any atom is -0.492 e. The second-order valence-electron chi connectivity index (χ2n) is 7.43. The first-order chi connectivity index (χ1) is 16.0. The maximum absolute atomic E-state index is 10.2. The summed E-state index contributed by atoms with van der Waals surface area (Å²) in [5.74, 6) is 1.03. The number of hydrogen-bond acceptors (Lipinski definition) is 8. The molecule has 1 aliphatic rings. The van der Waals surface area contributed by atoms with E-state index in [2.05, 4.69) is 25.2 Å². The van der Waals surface area contributed by atoms with Crippen LogP contribution in [0.2, 0.25) is 10.0 Å². The van der Waals surface area contributed by atoms with Crippen molar-refractivity contribution in [2.75, 3.05) is 44.6 Å². The minimum absolute atomic E-state index is 0.134. The van der Waals surface area contributed by atoms with Crippen LogP contribution in [0.4, 0.5) is 10.7 Å². The van der Waals surface area contributed by atoms with Crippen LogP contribution in [0, 0.1) is 5.41 Å². The number of aromatic nitrogens is 1. The van der Waals surface area contributed by atoms with Gasteiger partial charge in [-0.15, -0.1) is 0 Å². The zero-order valence-electron chi connectivity index (χ0n) is 17.7. The third kappa shape index (κ3) is 6.27. The van der Waals surface area contributed by atoms with Crippen LogP contribution in [0.1, 0.15) is 5.56 Å². The molecule has 4 rings (SSSR count). The molecule has 0 spiro atoms. The Labute approximate surface area is 206 Å². The van der Waals surface area contributed by atoms with E-state index < -0.39 is 0 Å². The Kier molecular flexibility index (Phi) is 7.89. The lowest BCUT2D eigenvalue weighted by Gasteiger charge is -2.27. The van der Waals surface area contributed by atoms with Gasteiger partial charge in [0.25, 0.3) is 0 Å². The number of nitrogens with one attached hydrogen (secondary N) is 4. The predicted octanol–water partition coefficient (Wildman–Crippen LogP) is 4.51. The molecule has 0 amide bonds. The average Bonchev–Trinajstić information content (AvgIpc) is 3.18. The van der Waals surface area contributed by atoms with Crippen molar-refractivity contribution < 1.29 is 9.84 Å². The monoisotopic (exact) mass is 506 g/mol. The molecule has 33 heavy (non-hydrogen) atoms. The predicted molar refractivity (Wildman–Crippen MR) is 134 cm³/mol. The van der Waals surface area contributed by atoms with Gasteiger partial charge in [-0.05, 0) is 47.9 Å². The van der Waals surface area contributed by atoms with Crippen LogP contribution < -0.4 is 20.7 Å². The van der Waals surface area contributed by atoms with Crippen LogP contribution in [0.15, 0.2) is 42.5 Å². The molecule has 0 aliphatic carbocycles. The summed E-state index contributed by atoms with van der Waals surface area (Å²) in [7, 11) is 0. The van der Waals surface area contributed by atoms with Crippen LogP contribution >= 0.6 is 34.7 Å². The largest absolute Gasteiger partial charge is 0.492 e. The van der Waals surface area contributed by atoms with Gasteiger partial charge in [-0.2, -0.15) is 4.37 Å². The van der Waals surface area contributed by atoms with Gasteiger partial charge in [-0.1, -0.05) is 23.2 Å². The summed E-state index contributed by atoms with van der Waals surface area (Å²) < 4.78 is 9.82. The van der Waals surface area contributed by atoms with Crippen LogP contribution in [0.5, 0.6) is 17.4 Å². The highest BCUT2D eigenvalue weighted by Gasteiger charge is 2.19. The van der Waals surface area contributed by atoms with Crippen molar-refractivity contribution in [3.63, 3.8) is 0 Å². The molecular weight excluding hydrogens is 483 g/mol. The lowest BCUT2D eigenvalue weighted by Crippen LogP contribution is -2.46. The Bertz CT molecular complexity index is 1100. The number of halogens is 2. The van der Waals surface area contributed by atoms with Crippen molar-refractivity contribution in [2.45, 2.75) is 0 Å². The summed E-state index contributed by atoms with van der Waals surface area (Å²) >= 11 is 13.3. The Hall–Kier alpha value is -2.56. The van der Waals surface area contributed by atoms with Crippen molar-refractivity contribution in [1.82, 2.24) is 19.9 Å². The third-order valence-electron chi connectivity index (χ3n) is 5.10. The summed E-state index contributed by atoms with van der Waals surface area (Å²) in [6, 6.07) is 12.3. The lowest BCUT2D eigenvalue weighted by atomic mass is 10.2. The number of anilines is 2. The highest BCUT2D eigenvalue weighted by atomic mass is 35.5. The molecule has 0 radical (unpaired) electrons. The maximum Gasteiger partial charge on any atom is 0.236 e. The minimum atomic E-state index is -0.169. The van der Waals surface area contributed by atoms with E-state index in [1.54, 1.807) is 30.3 Å².